The molecule has 29 heavy (non-hydrogen) atoms. The lowest BCUT2D eigenvalue weighted by atomic mass is 10.1. The van der Waals surface area contributed by atoms with Gasteiger partial charge in [0.2, 0.25) is 0 Å². The number of fused-ring (bicyclic) bond motifs is 1. The first-order chi connectivity index (χ1) is 13.7. The molecule has 0 aliphatic rings. The van der Waals surface area contributed by atoms with E-state index in [1.54, 1.807) is 0 Å². The Hall–Kier alpha value is -1.92. The Labute approximate surface area is 180 Å². The van der Waals surface area contributed by atoms with E-state index in [0.29, 0.717) is 17.6 Å². The highest BCUT2D eigenvalue weighted by molar-refractivity contribution is 7.80. The smallest absolute Gasteiger partial charge is 0.253 e. The molecule has 0 saturated heterocycles. The third-order valence-corrected chi connectivity index (χ3v) is 5.66. The molecule has 0 fully saturated rings. The van der Waals surface area contributed by atoms with Crippen LogP contribution >= 0.6 is 12.2 Å². The number of aromatic amines is 1. The zero-order valence-corrected chi connectivity index (χ0v) is 19.6. The second-order valence-electron chi connectivity index (χ2n) is 8.20. The van der Waals surface area contributed by atoms with Crippen LogP contribution in [0.25, 0.3) is 10.9 Å². The van der Waals surface area contributed by atoms with Crippen molar-refractivity contribution >= 4 is 28.2 Å². The molecule has 0 aliphatic carbocycles. The quantitative estimate of drug-likeness (QED) is 0.609. The van der Waals surface area contributed by atoms with Crippen molar-refractivity contribution in [2.75, 3.05) is 32.7 Å². The van der Waals surface area contributed by atoms with Gasteiger partial charge in [0.05, 0.1) is 12.1 Å². The molecule has 0 amide bonds. The summed E-state index contributed by atoms with van der Waals surface area (Å²) in [4.78, 5) is 20.4. The minimum atomic E-state index is -0.0380. The first kappa shape index (κ1) is 23.4. The molecule has 2 aromatic rings. The standard InChI is InChI=1S/C23H36N4OS/c1-7-26(8-2)9-10-27(23(29)24-14-16(3)4)15-20-13-19-12-17(5)11-18(6)21(19)25-22(20)28/h11-13,16H,7-10,14-15H2,1-6H3,(H,24,29)(H,25,28). The average Bonchev–Trinajstić information content (AvgIpc) is 2.66. The minimum absolute atomic E-state index is 0.0380. The van der Waals surface area contributed by atoms with Crippen LogP contribution < -0.4 is 10.9 Å². The largest absolute Gasteiger partial charge is 0.362 e. The van der Waals surface area contributed by atoms with Crippen molar-refractivity contribution in [2.45, 2.75) is 48.1 Å². The number of H-pyrrole nitrogens is 1. The van der Waals surface area contributed by atoms with Crippen LogP contribution in [0.3, 0.4) is 0 Å². The molecule has 1 heterocycles. The molecule has 0 unspecified atom stereocenters. The predicted molar refractivity (Wildman–Crippen MR) is 128 cm³/mol. The highest BCUT2D eigenvalue weighted by Crippen LogP contribution is 2.18. The zero-order valence-electron chi connectivity index (χ0n) is 18.8. The number of benzene rings is 1. The fourth-order valence-corrected chi connectivity index (χ4v) is 3.75. The third-order valence-electron chi connectivity index (χ3n) is 5.26. The summed E-state index contributed by atoms with van der Waals surface area (Å²) in [6.07, 6.45) is 0. The Morgan fingerprint density at radius 3 is 2.45 bits per heavy atom. The maximum absolute atomic E-state index is 12.8. The first-order valence-electron chi connectivity index (χ1n) is 10.6. The number of nitrogens with zero attached hydrogens (tertiary/aromatic N) is 2. The maximum atomic E-state index is 12.8. The van der Waals surface area contributed by atoms with E-state index in [-0.39, 0.29) is 5.56 Å². The van der Waals surface area contributed by atoms with Gasteiger partial charge in [-0.3, -0.25) is 4.79 Å². The SMILES string of the molecule is CCN(CC)CCN(Cc1cc2cc(C)cc(C)c2[nH]c1=O)C(=S)NCC(C)C. The molecule has 0 bridgehead atoms. The van der Waals surface area contributed by atoms with E-state index in [1.807, 2.05) is 13.0 Å². The molecule has 2 rings (SSSR count). The van der Waals surface area contributed by atoms with Crippen LogP contribution in [0, 0.1) is 19.8 Å². The summed E-state index contributed by atoms with van der Waals surface area (Å²) < 4.78 is 0. The van der Waals surface area contributed by atoms with Gasteiger partial charge in [0.25, 0.3) is 5.56 Å². The topological polar surface area (TPSA) is 51.4 Å². The van der Waals surface area contributed by atoms with Crippen molar-refractivity contribution in [1.29, 1.82) is 0 Å². The summed E-state index contributed by atoms with van der Waals surface area (Å²) in [6, 6.07) is 6.24. The summed E-state index contributed by atoms with van der Waals surface area (Å²) >= 11 is 5.68. The van der Waals surface area contributed by atoms with E-state index in [4.69, 9.17) is 12.2 Å². The average molecular weight is 417 g/mol. The number of hydrogen-bond acceptors (Lipinski definition) is 3. The molecule has 5 nitrogen and oxygen atoms in total. The molecule has 6 heteroatoms. The minimum Gasteiger partial charge on any atom is -0.362 e. The van der Waals surface area contributed by atoms with Gasteiger partial charge in [-0.05, 0) is 68.2 Å². The van der Waals surface area contributed by atoms with Gasteiger partial charge < -0.3 is 20.1 Å². The van der Waals surface area contributed by atoms with Gasteiger partial charge in [0.15, 0.2) is 5.11 Å². The van der Waals surface area contributed by atoms with Crippen molar-refractivity contribution in [3.05, 3.63) is 45.2 Å². The highest BCUT2D eigenvalue weighted by atomic mass is 32.1. The Balaban J connectivity index is 2.29. The highest BCUT2D eigenvalue weighted by Gasteiger charge is 2.15. The monoisotopic (exact) mass is 416 g/mol. The fraction of sp³-hybridized carbons (Fsp3) is 0.565. The predicted octanol–water partition coefficient (Wildman–Crippen LogP) is 3.82. The Morgan fingerprint density at radius 1 is 1.14 bits per heavy atom. The second-order valence-corrected chi connectivity index (χ2v) is 8.58. The van der Waals surface area contributed by atoms with Crippen LogP contribution in [0.2, 0.25) is 0 Å². The lowest BCUT2D eigenvalue weighted by molar-refractivity contribution is 0.263. The van der Waals surface area contributed by atoms with E-state index >= 15 is 0 Å². The van der Waals surface area contributed by atoms with Crippen LogP contribution in [0.15, 0.2) is 23.0 Å². The third kappa shape index (κ3) is 6.54. The van der Waals surface area contributed by atoms with E-state index in [2.05, 4.69) is 66.9 Å². The summed E-state index contributed by atoms with van der Waals surface area (Å²) in [5.74, 6) is 0.507. The molecule has 0 radical (unpaired) electrons. The van der Waals surface area contributed by atoms with Crippen LogP contribution in [0.4, 0.5) is 0 Å². The van der Waals surface area contributed by atoms with Crippen LogP contribution in [-0.2, 0) is 6.54 Å². The Morgan fingerprint density at radius 2 is 1.83 bits per heavy atom. The number of thiocarbonyl (C=S) groups is 1. The Kier molecular flexibility index (Phi) is 8.65. The van der Waals surface area contributed by atoms with Crippen molar-refractivity contribution in [3.63, 3.8) is 0 Å². The van der Waals surface area contributed by atoms with Gasteiger partial charge in [-0.2, -0.15) is 0 Å². The number of pyridine rings is 1. The molecule has 160 valence electrons. The first-order valence-corrected chi connectivity index (χ1v) is 11.0. The lowest BCUT2D eigenvalue weighted by Crippen LogP contribution is -2.45. The lowest BCUT2D eigenvalue weighted by Gasteiger charge is -2.29. The van der Waals surface area contributed by atoms with Crippen LogP contribution in [0.5, 0.6) is 0 Å². The molecular formula is C23H36N4OS. The molecular weight excluding hydrogens is 380 g/mol. The summed E-state index contributed by atoms with van der Waals surface area (Å²) in [5.41, 5.74) is 3.91. The number of rotatable bonds is 9. The fourth-order valence-electron chi connectivity index (χ4n) is 3.51. The number of aromatic nitrogens is 1. The summed E-state index contributed by atoms with van der Waals surface area (Å²) in [5, 5.41) is 5.15. The molecule has 1 aromatic carbocycles. The van der Waals surface area contributed by atoms with E-state index < -0.39 is 0 Å². The van der Waals surface area contributed by atoms with Crippen molar-refractivity contribution in [3.8, 4) is 0 Å². The molecule has 0 spiro atoms. The van der Waals surface area contributed by atoms with E-state index in [9.17, 15) is 4.79 Å². The van der Waals surface area contributed by atoms with Crippen LogP contribution in [0.1, 0.15) is 44.4 Å². The molecule has 0 aliphatic heterocycles. The van der Waals surface area contributed by atoms with Gasteiger partial charge >= 0.3 is 0 Å². The zero-order chi connectivity index (χ0) is 21.6. The number of hydrogen-bond donors (Lipinski definition) is 2. The normalized spacial score (nSPS) is 11.4. The Bertz CT molecular complexity index is 886. The number of likely N-dealkylation sites (N-methyl/N-ethyl adjacent to an activating group) is 1. The second kappa shape index (κ2) is 10.7. The molecule has 2 N–H and O–H groups in total. The molecule has 0 saturated carbocycles. The van der Waals surface area contributed by atoms with Crippen molar-refractivity contribution in [2.24, 2.45) is 5.92 Å². The summed E-state index contributed by atoms with van der Waals surface area (Å²) in [7, 11) is 0. The van der Waals surface area contributed by atoms with Gasteiger partial charge in [0, 0.05) is 25.2 Å². The van der Waals surface area contributed by atoms with E-state index in [0.717, 1.165) is 54.8 Å². The number of aryl methyl sites for hydroxylation is 2. The molecule has 0 atom stereocenters. The van der Waals surface area contributed by atoms with Gasteiger partial charge in [-0.1, -0.05) is 39.3 Å². The van der Waals surface area contributed by atoms with Crippen molar-refractivity contribution < 1.29 is 0 Å². The van der Waals surface area contributed by atoms with Crippen LogP contribution in [-0.4, -0.2) is 52.6 Å². The molecule has 1 aromatic heterocycles. The van der Waals surface area contributed by atoms with E-state index in [1.165, 1.54) is 5.56 Å². The van der Waals surface area contributed by atoms with Crippen molar-refractivity contribution in [1.82, 2.24) is 20.1 Å². The van der Waals surface area contributed by atoms with Gasteiger partial charge in [0.1, 0.15) is 0 Å². The van der Waals surface area contributed by atoms with Gasteiger partial charge in [-0.15, -0.1) is 0 Å². The summed E-state index contributed by atoms with van der Waals surface area (Å²) in [6.45, 7) is 17.8. The van der Waals surface area contributed by atoms with Gasteiger partial charge in [-0.25, -0.2) is 0 Å². The number of nitrogens with one attached hydrogen (secondary N) is 2. The maximum Gasteiger partial charge on any atom is 0.253 e.